The maximum absolute atomic E-state index is 11.9. The zero-order valence-corrected chi connectivity index (χ0v) is 5.47. The topological polar surface area (TPSA) is 68.8 Å². The zero-order valence-electron chi connectivity index (χ0n) is 5.47. The van der Waals surface area contributed by atoms with E-state index in [0.717, 1.165) is 0 Å². The molecule has 0 aliphatic rings. The van der Waals surface area contributed by atoms with E-state index in [2.05, 4.69) is 4.98 Å². The van der Waals surface area contributed by atoms with Gasteiger partial charge >= 0.3 is 6.18 Å². The predicted molar refractivity (Wildman–Crippen MR) is 27.9 cm³/mol. The number of hydrogen-bond donors (Lipinski definition) is 1. The van der Waals surface area contributed by atoms with Gasteiger partial charge in [-0.25, -0.2) is 4.98 Å². The summed E-state index contributed by atoms with van der Waals surface area (Å²) in [4.78, 5) is 14.7. The van der Waals surface area contributed by atoms with Crippen molar-refractivity contribution in [3.05, 3.63) is 17.7 Å². The Morgan fingerprint density at radius 3 is 2.50 bits per heavy atom. The molecular formula is C5H2F3N2O2-. The molecule has 1 aromatic heterocycles. The van der Waals surface area contributed by atoms with Gasteiger partial charge in [0, 0.05) is 0 Å². The van der Waals surface area contributed by atoms with E-state index in [-0.39, 0.29) is 0 Å². The predicted octanol–water partition coefficient (Wildman–Crippen LogP) is -0.208. The molecule has 0 bridgehead atoms. The number of carbonyl (C=O) groups excluding carboxylic acids is 1. The maximum atomic E-state index is 11.9. The quantitative estimate of drug-likeness (QED) is 0.648. The fourth-order valence-electron chi connectivity index (χ4n) is 0.665. The normalized spacial score (nSPS) is 11.6. The number of aromatic nitrogens is 2. The third-order valence-corrected chi connectivity index (χ3v) is 1.12. The van der Waals surface area contributed by atoms with Crippen LogP contribution in [0.3, 0.4) is 0 Å². The van der Waals surface area contributed by atoms with Gasteiger partial charge in [-0.2, -0.15) is 13.2 Å². The fraction of sp³-hybridized carbons (Fsp3) is 0.200. The lowest BCUT2D eigenvalue weighted by Gasteiger charge is -2.06. The van der Waals surface area contributed by atoms with Crippen LogP contribution in [0, 0.1) is 0 Å². The summed E-state index contributed by atoms with van der Waals surface area (Å²) >= 11 is 0. The van der Waals surface area contributed by atoms with Crippen LogP contribution in [0.1, 0.15) is 16.2 Å². The van der Waals surface area contributed by atoms with Crippen LogP contribution < -0.4 is 5.11 Å². The highest BCUT2D eigenvalue weighted by atomic mass is 19.4. The van der Waals surface area contributed by atoms with E-state index in [0.29, 0.717) is 6.33 Å². The van der Waals surface area contributed by atoms with Crippen LogP contribution in [0.5, 0.6) is 0 Å². The Kier molecular flexibility index (Phi) is 1.79. The van der Waals surface area contributed by atoms with Crippen LogP contribution in [-0.4, -0.2) is 15.9 Å². The van der Waals surface area contributed by atoms with Gasteiger partial charge in [0.2, 0.25) is 0 Å². The van der Waals surface area contributed by atoms with Gasteiger partial charge < -0.3 is 14.9 Å². The van der Waals surface area contributed by atoms with Crippen molar-refractivity contribution in [2.24, 2.45) is 0 Å². The van der Waals surface area contributed by atoms with Crippen LogP contribution >= 0.6 is 0 Å². The van der Waals surface area contributed by atoms with Crippen molar-refractivity contribution < 1.29 is 23.1 Å². The summed E-state index contributed by atoms with van der Waals surface area (Å²) in [5.41, 5.74) is -2.52. The Morgan fingerprint density at radius 2 is 2.17 bits per heavy atom. The number of nitrogens with zero attached hydrogens (tertiary/aromatic N) is 1. The average Bonchev–Trinajstić information content (AvgIpc) is 2.30. The van der Waals surface area contributed by atoms with E-state index in [1.54, 1.807) is 4.98 Å². The molecule has 0 aliphatic heterocycles. The number of aromatic amines is 1. The van der Waals surface area contributed by atoms with E-state index in [4.69, 9.17) is 0 Å². The molecule has 0 atom stereocenters. The Labute approximate surface area is 64.0 Å². The molecule has 1 rings (SSSR count). The van der Waals surface area contributed by atoms with Crippen molar-refractivity contribution in [1.82, 2.24) is 9.97 Å². The average molecular weight is 179 g/mol. The summed E-state index contributed by atoms with van der Waals surface area (Å²) in [5.74, 6) is -1.96. The molecule has 0 radical (unpaired) electrons. The molecule has 4 nitrogen and oxygen atoms in total. The number of imidazole rings is 1. The summed E-state index contributed by atoms with van der Waals surface area (Å²) < 4.78 is 35.6. The Balaban J connectivity index is 3.17. The van der Waals surface area contributed by atoms with Crippen LogP contribution in [0.4, 0.5) is 13.2 Å². The monoisotopic (exact) mass is 179 g/mol. The minimum absolute atomic E-state index is 0.647. The number of halogens is 3. The van der Waals surface area contributed by atoms with Gasteiger partial charge in [0.15, 0.2) is 0 Å². The highest BCUT2D eigenvalue weighted by Gasteiger charge is 2.35. The largest absolute Gasteiger partial charge is 0.543 e. The number of rotatable bonds is 1. The SMILES string of the molecule is O=C([O-])c1nc[nH]c1C(F)(F)F. The Morgan fingerprint density at radius 1 is 1.58 bits per heavy atom. The number of carboxylic acid groups (broad SMARTS) is 1. The van der Waals surface area contributed by atoms with Gasteiger partial charge in [-0.3, -0.25) is 0 Å². The molecule has 0 amide bonds. The van der Waals surface area contributed by atoms with Crippen molar-refractivity contribution in [2.75, 3.05) is 0 Å². The molecule has 66 valence electrons. The van der Waals surface area contributed by atoms with Gasteiger partial charge in [0.25, 0.3) is 0 Å². The summed E-state index contributed by atoms with van der Waals surface area (Å²) in [7, 11) is 0. The van der Waals surface area contributed by atoms with Gasteiger partial charge in [0.05, 0.1) is 12.3 Å². The minimum Gasteiger partial charge on any atom is -0.543 e. The molecule has 7 heteroatoms. The van der Waals surface area contributed by atoms with Gasteiger partial charge in [-0.1, -0.05) is 0 Å². The number of alkyl halides is 3. The summed E-state index contributed by atoms with van der Waals surface area (Å²) in [6, 6.07) is 0. The number of aromatic carboxylic acids is 1. The van der Waals surface area contributed by atoms with Crippen LogP contribution in [0.25, 0.3) is 0 Å². The van der Waals surface area contributed by atoms with E-state index in [1.807, 2.05) is 0 Å². The van der Waals surface area contributed by atoms with E-state index in [1.165, 1.54) is 0 Å². The first-order valence-corrected chi connectivity index (χ1v) is 2.75. The molecule has 0 saturated carbocycles. The van der Waals surface area contributed by atoms with E-state index in [9.17, 15) is 23.1 Å². The first kappa shape index (κ1) is 8.57. The first-order valence-electron chi connectivity index (χ1n) is 2.75. The van der Waals surface area contributed by atoms with Crippen molar-refractivity contribution in [3.8, 4) is 0 Å². The van der Waals surface area contributed by atoms with Gasteiger partial charge in [-0.15, -0.1) is 0 Å². The summed E-state index contributed by atoms with van der Waals surface area (Å²) in [6.45, 7) is 0. The van der Waals surface area contributed by atoms with Crippen molar-refractivity contribution in [1.29, 1.82) is 0 Å². The summed E-state index contributed by atoms with van der Waals surface area (Å²) in [5, 5.41) is 10.0. The molecular weight excluding hydrogens is 177 g/mol. The van der Waals surface area contributed by atoms with E-state index >= 15 is 0 Å². The van der Waals surface area contributed by atoms with Gasteiger partial charge in [-0.05, 0) is 0 Å². The number of H-pyrrole nitrogens is 1. The molecule has 1 heterocycles. The molecule has 0 saturated heterocycles. The lowest BCUT2D eigenvalue weighted by molar-refractivity contribution is -0.256. The molecule has 0 aromatic carbocycles. The zero-order chi connectivity index (χ0) is 9.35. The lowest BCUT2D eigenvalue weighted by atomic mass is 10.3. The van der Waals surface area contributed by atoms with Crippen LogP contribution in [0.2, 0.25) is 0 Å². The van der Waals surface area contributed by atoms with Crippen molar-refractivity contribution in [3.63, 3.8) is 0 Å². The Bertz CT molecular complexity index is 304. The number of carbonyl (C=O) groups is 1. The third kappa shape index (κ3) is 1.39. The van der Waals surface area contributed by atoms with Crippen molar-refractivity contribution in [2.45, 2.75) is 6.18 Å². The number of carboxylic acids is 1. The smallest absolute Gasteiger partial charge is 0.433 e. The second kappa shape index (κ2) is 2.50. The van der Waals surface area contributed by atoms with E-state index < -0.39 is 23.5 Å². The summed E-state index contributed by atoms with van der Waals surface area (Å²) in [6.07, 6.45) is -4.10. The molecule has 12 heavy (non-hydrogen) atoms. The first-order chi connectivity index (χ1) is 5.43. The molecule has 0 spiro atoms. The second-order valence-electron chi connectivity index (χ2n) is 1.91. The Hall–Kier alpha value is -1.53. The molecule has 0 aliphatic carbocycles. The van der Waals surface area contributed by atoms with Crippen LogP contribution in [-0.2, 0) is 6.18 Å². The molecule has 0 unspecified atom stereocenters. The number of hydrogen-bond acceptors (Lipinski definition) is 3. The minimum atomic E-state index is -4.74. The molecule has 0 fully saturated rings. The molecule has 1 N–H and O–H groups in total. The number of nitrogens with one attached hydrogen (secondary N) is 1. The lowest BCUT2D eigenvalue weighted by Crippen LogP contribution is -2.26. The maximum Gasteiger partial charge on any atom is 0.433 e. The van der Waals surface area contributed by atoms with Gasteiger partial charge in [0.1, 0.15) is 11.4 Å². The fourth-order valence-corrected chi connectivity index (χ4v) is 0.665. The molecule has 1 aromatic rings. The highest BCUT2D eigenvalue weighted by Crippen LogP contribution is 2.29. The van der Waals surface area contributed by atoms with Crippen LogP contribution in [0.15, 0.2) is 6.33 Å². The third-order valence-electron chi connectivity index (χ3n) is 1.12. The highest BCUT2D eigenvalue weighted by molar-refractivity contribution is 5.84. The standard InChI is InChI=1S/C5H3F3N2O2/c6-5(7,8)3-2(4(11)12)9-1-10-3/h1H,(H,9,10)(H,11,12)/p-1. The van der Waals surface area contributed by atoms with Crippen molar-refractivity contribution >= 4 is 5.97 Å². The second-order valence-corrected chi connectivity index (χ2v) is 1.91.